The van der Waals surface area contributed by atoms with Gasteiger partial charge in [-0.15, -0.1) is 0 Å². The predicted octanol–water partition coefficient (Wildman–Crippen LogP) is 1.13. The highest BCUT2D eigenvalue weighted by Crippen LogP contribution is 2.17. The largest absolute Gasteiger partial charge is 0.493 e. The second-order valence-electron chi connectivity index (χ2n) is 6.71. The van der Waals surface area contributed by atoms with E-state index in [4.69, 9.17) is 4.52 Å². The van der Waals surface area contributed by atoms with E-state index in [2.05, 4.69) is 15.2 Å². The summed E-state index contributed by atoms with van der Waals surface area (Å²) < 4.78 is 9.34. The average Bonchev–Trinajstić information content (AvgIpc) is 3.37. The van der Waals surface area contributed by atoms with E-state index in [1.54, 1.807) is 29.1 Å². The van der Waals surface area contributed by atoms with Gasteiger partial charge < -0.3 is 14.7 Å². The van der Waals surface area contributed by atoms with Gasteiger partial charge in [-0.2, -0.15) is 5.10 Å². The molecule has 0 fully saturated rings. The first-order chi connectivity index (χ1) is 14.0. The molecule has 0 saturated carbocycles. The standard InChI is InChI=1S/C19H20N6O4/c1-12-17(13(2)29-22-12)9-24-8-16(6-20-24)25-18(27)10-23(19(25)28)7-14-4-3-5-15(11-26)21-14/h3-6,8,10,26-27H,7,9,11H2,1-2H3. The van der Waals surface area contributed by atoms with Crippen LogP contribution in [0.25, 0.3) is 5.69 Å². The molecule has 0 amide bonds. The number of nitrogens with zero attached hydrogens (tertiary/aromatic N) is 6. The van der Waals surface area contributed by atoms with Gasteiger partial charge in [0.2, 0.25) is 5.88 Å². The van der Waals surface area contributed by atoms with Crippen molar-refractivity contribution in [1.29, 1.82) is 0 Å². The van der Waals surface area contributed by atoms with Gasteiger partial charge in [0.15, 0.2) is 0 Å². The topological polar surface area (TPSA) is 124 Å². The molecule has 150 valence electrons. The van der Waals surface area contributed by atoms with Crippen LogP contribution in [0, 0.1) is 13.8 Å². The number of pyridine rings is 1. The molecule has 0 atom stereocenters. The molecule has 4 rings (SSSR count). The third-order valence-corrected chi connectivity index (χ3v) is 4.68. The number of aromatic hydroxyl groups is 1. The van der Waals surface area contributed by atoms with Crippen molar-refractivity contribution >= 4 is 0 Å². The molecule has 0 saturated heterocycles. The van der Waals surface area contributed by atoms with Crippen LogP contribution in [0.5, 0.6) is 5.88 Å². The van der Waals surface area contributed by atoms with Gasteiger partial charge in [-0.3, -0.25) is 14.2 Å². The Bertz CT molecular complexity index is 1200. The van der Waals surface area contributed by atoms with Crippen LogP contribution in [-0.2, 0) is 19.7 Å². The van der Waals surface area contributed by atoms with Crippen LogP contribution in [0.3, 0.4) is 0 Å². The zero-order valence-corrected chi connectivity index (χ0v) is 16.0. The summed E-state index contributed by atoms with van der Waals surface area (Å²) in [5, 5.41) is 27.7. The van der Waals surface area contributed by atoms with Crippen LogP contribution in [0.4, 0.5) is 0 Å². The summed E-state index contributed by atoms with van der Waals surface area (Å²) >= 11 is 0. The molecule has 10 heteroatoms. The maximum atomic E-state index is 12.8. The van der Waals surface area contributed by atoms with Crippen molar-refractivity contribution in [3.8, 4) is 11.6 Å². The highest BCUT2D eigenvalue weighted by molar-refractivity contribution is 5.32. The summed E-state index contributed by atoms with van der Waals surface area (Å²) in [5.41, 5.74) is 2.84. The second-order valence-corrected chi connectivity index (χ2v) is 6.71. The molecule has 0 aliphatic rings. The quantitative estimate of drug-likeness (QED) is 0.501. The van der Waals surface area contributed by atoms with Crippen LogP contribution < -0.4 is 5.69 Å². The number of rotatable bonds is 6. The van der Waals surface area contributed by atoms with E-state index in [0.717, 1.165) is 11.3 Å². The maximum absolute atomic E-state index is 12.8. The molecular weight excluding hydrogens is 376 g/mol. The lowest BCUT2D eigenvalue weighted by Crippen LogP contribution is -2.23. The van der Waals surface area contributed by atoms with Gasteiger partial charge in [-0.1, -0.05) is 11.2 Å². The minimum absolute atomic E-state index is 0.167. The van der Waals surface area contributed by atoms with E-state index in [-0.39, 0.29) is 19.0 Å². The summed E-state index contributed by atoms with van der Waals surface area (Å²) in [6, 6.07) is 5.21. The van der Waals surface area contributed by atoms with Crippen LogP contribution in [0.15, 0.2) is 46.1 Å². The highest BCUT2D eigenvalue weighted by atomic mass is 16.5. The summed E-state index contributed by atoms with van der Waals surface area (Å²) in [7, 11) is 0. The van der Waals surface area contributed by atoms with Gasteiger partial charge >= 0.3 is 5.69 Å². The first-order valence-corrected chi connectivity index (χ1v) is 8.97. The van der Waals surface area contributed by atoms with Crippen LogP contribution in [0.1, 0.15) is 28.4 Å². The van der Waals surface area contributed by atoms with Crippen LogP contribution in [-0.4, -0.2) is 39.3 Å². The molecule has 29 heavy (non-hydrogen) atoms. The van der Waals surface area contributed by atoms with Crippen molar-refractivity contribution in [2.24, 2.45) is 0 Å². The van der Waals surface area contributed by atoms with Gasteiger partial charge in [0.25, 0.3) is 0 Å². The van der Waals surface area contributed by atoms with Crippen LogP contribution in [0.2, 0.25) is 0 Å². The smallest absolute Gasteiger partial charge is 0.336 e. The molecular formula is C19H20N6O4. The number of aryl methyl sites for hydroxylation is 2. The highest BCUT2D eigenvalue weighted by Gasteiger charge is 2.16. The third kappa shape index (κ3) is 3.57. The van der Waals surface area contributed by atoms with E-state index in [1.165, 1.54) is 21.5 Å². The predicted molar refractivity (Wildman–Crippen MR) is 102 cm³/mol. The Morgan fingerprint density at radius 3 is 2.66 bits per heavy atom. The zero-order valence-electron chi connectivity index (χ0n) is 16.0. The first-order valence-electron chi connectivity index (χ1n) is 8.97. The summed E-state index contributed by atoms with van der Waals surface area (Å²) in [6.07, 6.45) is 4.53. The zero-order chi connectivity index (χ0) is 20.5. The average molecular weight is 396 g/mol. The minimum atomic E-state index is -0.421. The number of hydrogen-bond acceptors (Lipinski definition) is 7. The van der Waals surface area contributed by atoms with E-state index in [0.29, 0.717) is 29.4 Å². The SMILES string of the molecule is Cc1noc(C)c1Cn1cc(-n2c(O)cn(Cc3cccc(CO)n3)c2=O)cn1. The fourth-order valence-corrected chi connectivity index (χ4v) is 3.16. The van der Waals surface area contributed by atoms with Gasteiger partial charge in [-0.05, 0) is 26.0 Å². The molecule has 4 aromatic heterocycles. The van der Waals surface area contributed by atoms with Gasteiger partial charge in [0.1, 0.15) is 5.76 Å². The molecule has 0 spiro atoms. The van der Waals surface area contributed by atoms with Crippen molar-refractivity contribution in [1.82, 2.24) is 29.1 Å². The Kier molecular flexibility index (Phi) is 4.77. The minimum Gasteiger partial charge on any atom is -0.493 e. The lowest BCUT2D eigenvalue weighted by molar-refractivity contribution is 0.276. The number of aliphatic hydroxyl groups excluding tert-OH is 1. The first kappa shape index (κ1) is 18.7. The van der Waals surface area contributed by atoms with Crippen molar-refractivity contribution in [2.75, 3.05) is 0 Å². The summed E-state index contributed by atoms with van der Waals surface area (Å²) in [6.45, 7) is 4.11. The van der Waals surface area contributed by atoms with Gasteiger partial charge in [-0.25, -0.2) is 9.36 Å². The molecule has 10 nitrogen and oxygen atoms in total. The fraction of sp³-hybridized carbons (Fsp3) is 0.263. The molecule has 0 unspecified atom stereocenters. The molecule has 0 bridgehead atoms. The molecule has 0 aliphatic carbocycles. The molecule has 4 heterocycles. The van der Waals surface area contributed by atoms with Gasteiger partial charge in [0, 0.05) is 11.8 Å². The van der Waals surface area contributed by atoms with Crippen molar-refractivity contribution in [3.63, 3.8) is 0 Å². The second kappa shape index (κ2) is 7.40. The Balaban J connectivity index is 1.61. The van der Waals surface area contributed by atoms with Crippen LogP contribution >= 0.6 is 0 Å². The monoisotopic (exact) mass is 396 g/mol. The van der Waals surface area contributed by atoms with Gasteiger partial charge in [0.05, 0.1) is 54.9 Å². The normalized spacial score (nSPS) is 11.3. The summed E-state index contributed by atoms with van der Waals surface area (Å²) in [5.74, 6) is 0.508. The molecule has 0 aromatic carbocycles. The maximum Gasteiger partial charge on any atom is 0.336 e. The lowest BCUT2D eigenvalue weighted by atomic mass is 10.2. The van der Waals surface area contributed by atoms with Crippen molar-refractivity contribution < 1.29 is 14.7 Å². The number of aliphatic hydroxyl groups is 1. The Labute approximate surface area is 165 Å². The van der Waals surface area contributed by atoms with E-state index < -0.39 is 5.69 Å². The van der Waals surface area contributed by atoms with E-state index in [1.807, 2.05) is 13.8 Å². The lowest BCUT2D eigenvalue weighted by Gasteiger charge is -2.03. The molecule has 2 N–H and O–H groups in total. The van der Waals surface area contributed by atoms with E-state index in [9.17, 15) is 15.0 Å². The Morgan fingerprint density at radius 2 is 1.93 bits per heavy atom. The van der Waals surface area contributed by atoms with Crippen molar-refractivity contribution in [2.45, 2.75) is 33.5 Å². The van der Waals surface area contributed by atoms with E-state index >= 15 is 0 Å². The molecule has 4 aromatic rings. The number of hydrogen-bond donors (Lipinski definition) is 2. The Morgan fingerprint density at radius 1 is 1.14 bits per heavy atom. The molecule has 0 radical (unpaired) electrons. The summed E-state index contributed by atoms with van der Waals surface area (Å²) in [4.78, 5) is 17.1. The molecule has 0 aliphatic heterocycles. The van der Waals surface area contributed by atoms with Crippen molar-refractivity contribution in [3.05, 3.63) is 75.7 Å². The number of imidazole rings is 1. The Hall–Kier alpha value is -3.66. The third-order valence-electron chi connectivity index (χ3n) is 4.68. The number of aromatic nitrogens is 6. The fourth-order valence-electron chi connectivity index (χ4n) is 3.16.